The highest BCUT2D eigenvalue weighted by Gasteiger charge is 2.63. The van der Waals surface area contributed by atoms with Gasteiger partial charge in [0.15, 0.2) is 0 Å². The van der Waals surface area contributed by atoms with Crippen LogP contribution in [0.2, 0.25) is 0 Å². The second-order valence-corrected chi connectivity index (χ2v) is 19.1. The Morgan fingerprint density at radius 2 is 1.18 bits per heavy atom. The molecular formula is C53H52BN3. The summed E-state index contributed by atoms with van der Waals surface area (Å²) in [7, 11) is 0. The van der Waals surface area contributed by atoms with Gasteiger partial charge in [0.1, 0.15) is 0 Å². The highest BCUT2D eigenvalue weighted by Crippen LogP contribution is 2.66. The Morgan fingerprint density at radius 3 is 2.00 bits per heavy atom. The minimum absolute atomic E-state index is 0.0337. The summed E-state index contributed by atoms with van der Waals surface area (Å²) < 4.78 is 0. The molecular weight excluding hydrogens is 689 g/mol. The van der Waals surface area contributed by atoms with E-state index in [2.05, 4.69) is 177 Å². The fraction of sp³-hybridized carbons (Fsp3) is 0.321. The zero-order chi connectivity index (χ0) is 38.5. The number of rotatable bonds is 3. The van der Waals surface area contributed by atoms with E-state index in [9.17, 15) is 0 Å². The maximum atomic E-state index is 2.90. The average Bonchev–Trinajstić information content (AvgIpc) is 3.60. The summed E-state index contributed by atoms with van der Waals surface area (Å²) in [6.45, 7) is 12.4. The summed E-state index contributed by atoms with van der Waals surface area (Å²) in [4.78, 5) is 8.35. The summed E-state index contributed by atoms with van der Waals surface area (Å²) in [6, 6.07) is 50.1. The molecule has 3 nitrogen and oxygen atoms in total. The van der Waals surface area contributed by atoms with Crippen molar-refractivity contribution in [3.05, 3.63) is 155 Å². The Labute approximate surface area is 339 Å². The molecule has 4 heteroatoms. The number of anilines is 7. The summed E-state index contributed by atoms with van der Waals surface area (Å²) in [6.07, 6.45) is 9.75. The van der Waals surface area contributed by atoms with Crippen LogP contribution in [0.4, 0.5) is 39.8 Å². The first kappa shape index (κ1) is 33.9. The molecule has 0 amide bonds. The number of hydrogen-bond donors (Lipinski definition) is 0. The highest BCUT2D eigenvalue weighted by molar-refractivity contribution is 7.00. The van der Waals surface area contributed by atoms with Crippen LogP contribution in [0.5, 0.6) is 0 Å². The molecule has 6 aromatic rings. The molecule has 6 aliphatic rings. The third-order valence-electron chi connectivity index (χ3n) is 16.4. The van der Waals surface area contributed by atoms with Gasteiger partial charge in [-0.05, 0) is 123 Å². The maximum Gasteiger partial charge on any atom is 0.252 e. The standard InChI is InChI=1S/C53H52BN3/c1-35-22-25-38(26-23-35)55-45-27-24-36(2)32-43(45)54-42-20-15-19-41-49(42)57(51(4)29-12-11-28-50(41,51)3)47-34-39(33-46(55)48(47)54)56-44-21-10-9-18-40(44)53(37-16-7-6-8-17-37)31-14-13-30-52(53,56)5/h6-10,15-27,32-34H,11-14,28-31H2,1-5H3. The highest BCUT2D eigenvalue weighted by atomic mass is 15.3. The number of aryl methyl sites for hydroxylation is 2. The van der Waals surface area contributed by atoms with E-state index in [0.717, 1.165) is 12.8 Å². The van der Waals surface area contributed by atoms with E-state index in [1.165, 1.54) is 117 Å². The molecule has 4 unspecified atom stereocenters. The molecule has 0 saturated heterocycles. The van der Waals surface area contributed by atoms with E-state index in [1.54, 1.807) is 5.56 Å². The molecule has 0 radical (unpaired) electrons. The molecule has 6 aromatic carbocycles. The summed E-state index contributed by atoms with van der Waals surface area (Å²) in [5.74, 6) is 0. The van der Waals surface area contributed by atoms with E-state index in [0.29, 0.717) is 0 Å². The van der Waals surface area contributed by atoms with Crippen molar-refractivity contribution in [2.24, 2.45) is 0 Å². The Balaban J connectivity index is 1.20. The fourth-order valence-corrected chi connectivity index (χ4v) is 13.6. The average molecular weight is 742 g/mol. The van der Waals surface area contributed by atoms with Crippen LogP contribution in [0, 0.1) is 13.8 Å². The number of hydrogen-bond acceptors (Lipinski definition) is 3. The van der Waals surface area contributed by atoms with E-state index in [4.69, 9.17) is 0 Å². The minimum atomic E-state index is -0.152. The first-order chi connectivity index (χ1) is 27.7. The van der Waals surface area contributed by atoms with Crippen LogP contribution < -0.4 is 31.1 Å². The Kier molecular flexibility index (Phi) is 6.81. The van der Waals surface area contributed by atoms with Crippen molar-refractivity contribution >= 4 is 62.9 Å². The zero-order valence-electron chi connectivity index (χ0n) is 34.2. The lowest BCUT2D eigenvalue weighted by atomic mass is 9.33. The zero-order valence-corrected chi connectivity index (χ0v) is 34.2. The first-order valence-corrected chi connectivity index (χ1v) is 21.7. The second kappa shape index (κ2) is 11.5. The molecule has 4 atom stereocenters. The quantitative estimate of drug-likeness (QED) is 0.167. The molecule has 4 aliphatic heterocycles. The molecule has 2 fully saturated rings. The van der Waals surface area contributed by atoms with Gasteiger partial charge in [0, 0.05) is 50.6 Å². The van der Waals surface area contributed by atoms with Crippen molar-refractivity contribution < 1.29 is 0 Å². The number of fused-ring (bicyclic) bond motifs is 10. The predicted octanol–water partition coefficient (Wildman–Crippen LogP) is 11.4. The van der Waals surface area contributed by atoms with E-state index < -0.39 is 0 Å². The largest absolute Gasteiger partial charge is 0.335 e. The van der Waals surface area contributed by atoms with Crippen LogP contribution in [0.25, 0.3) is 0 Å². The van der Waals surface area contributed by atoms with Gasteiger partial charge in [-0.2, -0.15) is 0 Å². The van der Waals surface area contributed by atoms with Gasteiger partial charge in [0.2, 0.25) is 0 Å². The minimum Gasteiger partial charge on any atom is -0.335 e. The van der Waals surface area contributed by atoms with Gasteiger partial charge in [0.25, 0.3) is 6.71 Å². The number of benzene rings is 6. The first-order valence-electron chi connectivity index (χ1n) is 21.7. The van der Waals surface area contributed by atoms with Gasteiger partial charge in [-0.1, -0.05) is 135 Å². The lowest BCUT2D eigenvalue weighted by Crippen LogP contribution is -2.64. The second-order valence-electron chi connectivity index (χ2n) is 19.1. The molecule has 0 bridgehead atoms. The van der Waals surface area contributed by atoms with Crippen molar-refractivity contribution in [2.45, 2.75) is 108 Å². The number of para-hydroxylation sites is 2. The molecule has 0 spiro atoms. The van der Waals surface area contributed by atoms with Crippen LogP contribution in [-0.2, 0) is 10.8 Å². The molecule has 2 aliphatic carbocycles. The molecule has 282 valence electrons. The third-order valence-corrected chi connectivity index (χ3v) is 16.4. The maximum absolute atomic E-state index is 2.90. The van der Waals surface area contributed by atoms with Crippen molar-refractivity contribution in [3.8, 4) is 0 Å². The Morgan fingerprint density at radius 1 is 0.491 bits per heavy atom. The van der Waals surface area contributed by atoms with Crippen molar-refractivity contribution in [1.82, 2.24) is 0 Å². The lowest BCUT2D eigenvalue weighted by molar-refractivity contribution is 0.195. The third kappa shape index (κ3) is 4.05. The topological polar surface area (TPSA) is 9.72 Å². The molecule has 0 aromatic heterocycles. The Bertz CT molecular complexity index is 2650. The van der Waals surface area contributed by atoms with E-state index in [-0.39, 0.29) is 28.6 Å². The van der Waals surface area contributed by atoms with Gasteiger partial charge in [-0.3, -0.25) is 0 Å². The van der Waals surface area contributed by atoms with Gasteiger partial charge in [-0.15, -0.1) is 0 Å². The van der Waals surface area contributed by atoms with Gasteiger partial charge >= 0.3 is 0 Å². The van der Waals surface area contributed by atoms with Crippen LogP contribution in [0.3, 0.4) is 0 Å². The van der Waals surface area contributed by atoms with Gasteiger partial charge < -0.3 is 14.7 Å². The predicted molar refractivity (Wildman–Crippen MR) is 241 cm³/mol. The van der Waals surface area contributed by atoms with Crippen molar-refractivity contribution in [2.75, 3.05) is 14.7 Å². The van der Waals surface area contributed by atoms with Crippen molar-refractivity contribution in [3.63, 3.8) is 0 Å². The van der Waals surface area contributed by atoms with Crippen LogP contribution >= 0.6 is 0 Å². The molecule has 57 heavy (non-hydrogen) atoms. The molecule has 0 N–H and O–H groups in total. The molecule has 12 rings (SSSR count). The van der Waals surface area contributed by atoms with Crippen LogP contribution in [0.1, 0.15) is 100.0 Å². The lowest BCUT2D eigenvalue weighted by Gasteiger charge is -2.54. The smallest absolute Gasteiger partial charge is 0.252 e. The van der Waals surface area contributed by atoms with E-state index >= 15 is 0 Å². The van der Waals surface area contributed by atoms with Crippen LogP contribution in [-0.4, -0.2) is 17.8 Å². The summed E-state index contributed by atoms with van der Waals surface area (Å²) >= 11 is 0. The molecule has 2 saturated carbocycles. The summed E-state index contributed by atoms with van der Waals surface area (Å²) in [5, 5.41) is 0. The van der Waals surface area contributed by atoms with Gasteiger partial charge in [0.05, 0.1) is 11.1 Å². The molecule has 4 heterocycles. The van der Waals surface area contributed by atoms with Gasteiger partial charge in [-0.25, -0.2) is 0 Å². The SMILES string of the molecule is Cc1ccc(N2c3ccc(C)cc3B3c4cccc5c4N(c4cc(N6c7ccccc7C7(c8ccccc8)CCCCC67C)cc2c43)C2(C)CCCCC52C)cc1. The summed E-state index contributed by atoms with van der Waals surface area (Å²) in [5.41, 5.74) is 20.7. The van der Waals surface area contributed by atoms with Crippen molar-refractivity contribution in [1.29, 1.82) is 0 Å². The van der Waals surface area contributed by atoms with E-state index in [1.807, 2.05) is 0 Å². The Hall–Kier alpha value is -5.22. The fourth-order valence-electron chi connectivity index (χ4n) is 13.6. The monoisotopic (exact) mass is 741 g/mol. The number of nitrogens with zero attached hydrogens (tertiary/aromatic N) is 3. The normalized spacial score (nSPS) is 27.3. The van der Waals surface area contributed by atoms with Crippen LogP contribution in [0.15, 0.2) is 127 Å².